The number of hydrogen-bond acceptors (Lipinski definition) is 3. The van der Waals surface area contributed by atoms with E-state index in [4.69, 9.17) is 4.74 Å². The van der Waals surface area contributed by atoms with Crippen LogP contribution >= 0.6 is 11.8 Å². The first kappa shape index (κ1) is 11.2. The molecule has 1 aliphatic heterocycles. The van der Waals surface area contributed by atoms with E-state index in [1.54, 1.807) is 24.9 Å². The Hall–Kier alpha value is -1.94. The molecule has 3 rings (SSSR count). The van der Waals surface area contributed by atoms with Gasteiger partial charge in [0.15, 0.2) is 0 Å². The molecule has 0 saturated heterocycles. The van der Waals surface area contributed by atoms with Crippen LogP contribution in [0.2, 0.25) is 0 Å². The number of benzene rings is 2. The Morgan fingerprint density at radius 1 is 1.06 bits per heavy atom. The van der Waals surface area contributed by atoms with Gasteiger partial charge in [-0.05, 0) is 24.3 Å². The van der Waals surface area contributed by atoms with Crippen molar-refractivity contribution in [2.45, 2.75) is 9.79 Å². The maximum absolute atomic E-state index is 12.2. The zero-order valence-electron chi connectivity index (χ0n) is 9.77. The van der Waals surface area contributed by atoms with Gasteiger partial charge in [-0.1, -0.05) is 30.0 Å². The van der Waals surface area contributed by atoms with Gasteiger partial charge in [-0.15, -0.1) is 0 Å². The second kappa shape index (κ2) is 4.38. The number of anilines is 1. The average molecular weight is 257 g/mol. The van der Waals surface area contributed by atoms with E-state index < -0.39 is 0 Å². The van der Waals surface area contributed by atoms with E-state index in [1.807, 2.05) is 36.4 Å². The number of carbonyl (C=O) groups excluding carboxylic acids is 1. The van der Waals surface area contributed by atoms with Gasteiger partial charge in [-0.25, -0.2) is 0 Å². The average Bonchev–Trinajstić information content (AvgIpc) is 2.54. The van der Waals surface area contributed by atoms with Crippen molar-refractivity contribution in [2.24, 2.45) is 0 Å². The van der Waals surface area contributed by atoms with Gasteiger partial charge in [0.25, 0.3) is 5.91 Å². The Kier molecular flexibility index (Phi) is 2.72. The van der Waals surface area contributed by atoms with Crippen LogP contribution in [0.4, 0.5) is 5.69 Å². The molecule has 1 aliphatic rings. The van der Waals surface area contributed by atoms with Gasteiger partial charge in [-0.3, -0.25) is 4.79 Å². The minimum absolute atomic E-state index is 0.125. The molecule has 0 bridgehead atoms. The summed E-state index contributed by atoms with van der Waals surface area (Å²) in [6.07, 6.45) is 0. The fourth-order valence-corrected chi connectivity index (χ4v) is 3.01. The summed E-state index contributed by atoms with van der Waals surface area (Å²) in [4.78, 5) is 14.2. The Morgan fingerprint density at radius 3 is 2.67 bits per heavy atom. The number of fused-ring (bicyclic) bond motifs is 2. The first-order valence-corrected chi connectivity index (χ1v) is 6.36. The van der Waals surface area contributed by atoms with Crippen molar-refractivity contribution in [3.63, 3.8) is 0 Å². The normalized spacial score (nSPS) is 13.1. The van der Waals surface area contributed by atoms with Crippen LogP contribution in [-0.4, -0.2) is 13.0 Å². The van der Waals surface area contributed by atoms with E-state index in [1.165, 1.54) is 0 Å². The summed E-state index contributed by atoms with van der Waals surface area (Å²) in [5.41, 5.74) is 1.44. The maximum atomic E-state index is 12.2. The van der Waals surface area contributed by atoms with Gasteiger partial charge >= 0.3 is 0 Å². The van der Waals surface area contributed by atoms with E-state index in [9.17, 15) is 4.79 Å². The standard InChI is InChI=1S/C14H11NO2S/c1-17-10-6-4-8-12-13(10)14(16)15-9-5-2-3-7-11(9)18-12/h2-8H,1H3,(H,15,16). The van der Waals surface area contributed by atoms with Crippen LogP contribution in [0.25, 0.3) is 0 Å². The molecule has 90 valence electrons. The number of ether oxygens (including phenoxy) is 1. The van der Waals surface area contributed by atoms with Crippen LogP contribution in [0.15, 0.2) is 52.3 Å². The molecular formula is C14H11NO2S. The first-order valence-electron chi connectivity index (χ1n) is 5.55. The van der Waals surface area contributed by atoms with Crippen molar-refractivity contribution in [2.75, 3.05) is 12.4 Å². The molecule has 1 amide bonds. The van der Waals surface area contributed by atoms with Crippen molar-refractivity contribution in [1.82, 2.24) is 0 Å². The third-order valence-electron chi connectivity index (χ3n) is 2.79. The quantitative estimate of drug-likeness (QED) is 0.850. The number of methoxy groups -OCH3 is 1. The molecule has 0 spiro atoms. The molecular weight excluding hydrogens is 246 g/mol. The Labute approximate surface area is 109 Å². The summed E-state index contributed by atoms with van der Waals surface area (Å²) in [6, 6.07) is 13.4. The van der Waals surface area contributed by atoms with Crippen LogP contribution in [-0.2, 0) is 0 Å². The Morgan fingerprint density at radius 2 is 1.83 bits per heavy atom. The second-order valence-corrected chi connectivity index (χ2v) is 4.97. The number of nitrogens with one attached hydrogen (secondary N) is 1. The van der Waals surface area contributed by atoms with Crippen molar-refractivity contribution >= 4 is 23.4 Å². The maximum Gasteiger partial charge on any atom is 0.260 e. The highest BCUT2D eigenvalue weighted by Gasteiger charge is 2.22. The summed E-state index contributed by atoms with van der Waals surface area (Å²) < 4.78 is 5.26. The van der Waals surface area contributed by atoms with E-state index in [-0.39, 0.29) is 5.91 Å². The molecule has 3 nitrogen and oxygen atoms in total. The molecule has 18 heavy (non-hydrogen) atoms. The molecule has 2 aromatic rings. The summed E-state index contributed by atoms with van der Waals surface area (Å²) in [6.45, 7) is 0. The van der Waals surface area contributed by atoms with Crippen molar-refractivity contribution in [3.8, 4) is 5.75 Å². The molecule has 0 fully saturated rings. The number of rotatable bonds is 1. The fraction of sp³-hybridized carbons (Fsp3) is 0.0714. The van der Waals surface area contributed by atoms with Gasteiger partial charge in [0.05, 0.1) is 18.4 Å². The molecule has 0 atom stereocenters. The van der Waals surface area contributed by atoms with E-state index >= 15 is 0 Å². The Balaban J connectivity index is 2.19. The third-order valence-corrected chi connectivity index (χ3v) is 3.93. The predicted octanol–water partition coefficient (Wildman–Crippen LogP) is 3.41. The molecule has 0 unspecified atom stereocenters. The molecule has 4 heteroatoms. The van der Waals surface area contributed by atoms with Gasteiger partial charge < -0.3 is 10.1 Å². The molecule has 2 aromatic carbocycles. The zero-order chi connectivity index (χ0) is 12.5. The number of amides is 1. The fourth-order valence-electron chi connectivity index (χ4n) is 1.95. The van der Waals surface area contributed by atoms with Crippen molar-refractivity contribution in [1.29, 1.82) is 0 Å². The molecule has 0 aliphatic carbocycles. The first-order chi connectivity index (χ1) is 8.79. The second-order valence-electron chi connectivity index (χ2n) is 3.89. The molecule has 0 aromatic heterocycles. The van der Waals surface area contributed by atoms with Crippen LogP contribution in [0.3, 0.4) is 0 Å². The van der Waals surface area contributed by atoms with Crippen LogP contribution in [0.1, 0.15) is 10.4 Å². The lowest BCUT2D eigenvalue weighted by molar-refractivity contribution is 0.102. The number of hydrogen-bond donors (Lipinski definition) is 1. The Bertz CT molecular complexity index is 625. The summed E-state index contributed by atoms with van der Waals surface area (Å²) >= 11 is 1.57. The summed E-state index contributed by atoms with van der Waals surface area (Å²) in [7, 11) is 1.57. The van der Waals surface area contributed by atoms with Gasteiger partial charge in [0.2, 0.25) is 0 Å². The minimum Gasteiger partial charge on any atom is -0.496 e. The number of para-hydroxylation sites is 1. The molecule has 0 saturated carbocycles. The lowest BCUT2D eigenvalue weighted by atomic mass is 10.2. The van der Waals surface area contributed by atoms with E-state index in [0.29, 0.717) is 11.3 Å². The predicted molar refractivity (Wildman–Crippen MR) is 71.5 cm³/mol. The lowest BCUT2D eigenvalue weighted by Gasteiger charge is -2.08. The minimum atomic E-state index is -0.125. The summed E-state index contributed by atoms with van der Waals surface area (Å²) in [5, 5.41) is 2.91. The molecule has 1 heterocycles. The highest BCUT2D eigenvalue weighted by atomic mass is 32.2. The topological polar surface area (TPSA) is 38.3 Å². The molecule has 1 N–H and O–H groups in total. The smallest absolute Gasteiger partial charge is 0.260 e. The van der Waals surface area contributed by atoms with E-state index in [2.05, 4.69) is 5.32 Å². The third kappa shape index (κ3) is 1.75. The number of carbonyl (C=O) groups is 1. The summed E-state index contributed by atoms with van der Waals surface area (Å²) in [5.74, 6) is 0.477. The largest absolute Gasteiger partial charge is 0.496 e. The highest BCUT2D eigenvalue weighted by molar-refractivity contribution is 7.99. The zero-order valence-corrected chi connectivity index (χ0v) is 10.6. The molecule has 0 radical (unpaired) electrons. The van der Waals surface area contributed by atoms with Crippen molar-refractivity contribution in [3.05, 3.63) is 48.0 Å². The lowest BCUT2D eigenvalue weighted by Crippen LogP contribution is -2.12. The van der Waals surface area contributed by atoms with Gasteiger partial charge in [0.1, 0.15) is 5.75 Å². The highest BCUT2D eigenvalue weighted by Crippen LogP contribution is 2.41. The SMILES string of the molecule is COc1cccc2c1C(=O)Nc1ccccc1S2. The van der Waals surface area contributed by atoms with Gasteiger partial charge in [0, 0.05) is 9.79 Å². The van der Waals surface area contributed by atoms with Crippen LogP contribution < -0.4 is 10.1 Å². The van der Waals surface area contributed by atoms with Crippen molar-refractivity contribution < 1.29 is 9.53 Å². The van der Waals surface area contributed by atoms with Crippen LogP contribution in [0, 0.1) is 0 Å². The van der Waals surface area contributed by atoms with Gasteiger partial charge in [-0.2, -0.15) is 0 Å². The monoisotopic (exact) mass is 257 g/mol. The van der Waals surface area contributed by atoms with Crippen LogP contribution in [0.5, 0.6) is 5.75 Å². The van der Waals surface area contributed by atoms with E-state index in [0.717, 1.165) is 15.5 Å².